The maximum absolute atomic E-state index is 11.5. The lowest BCUT2D eigenvalue weighted by molar-refractivity contribution is 0.299. The van der Waals surface area contributed by atoms with Crippen molar-refractivity contribution in [1.82, 2.24) is 0 Å². The number of rotatable bonds is 4. The van der Waals surface area contributed by atoms with Gasteiger partial charge in [0.05, 0.1) is 11.5 Å². The highest BCUT2D eigenvalue weighted by molar-refractivity contribution is 7.91. The highest BCUT2D eigenvalue weighted by Crippen LogP contribution is 2.18. The molecular formula is C13H19NO3S. The van der Waals surface area contributed by atoms with Crippen molar-refractivity contribution in [3.05, 3.63) is 29.8 Å². The Bertz CT molecular complexity index is 481. The second kappa shape index (κ2) is 5.71. The van der Waals surface area contributed by atoms with Crippen molar-refractivity contribution in [1.29, 1.82) is 0 Å². The molecule has 0 aromatic heterocycles. The smallest absolute Gasteiger partial charge is 0.152 e. The number of aliphatic hydroxyl groups excluding tert-OH is 1. The van der Waals surface area contributed by atoms with Gasteiger partial charge in [0, 0.05) is 18.3 Å². The quantitative estimate of drug-likeness (QED) is 0.862. The minimum atomic E-state index is -2.86. The molecule has 1 saturated heterocycles. The van der Waals surface area contributed by atoms with Gasteiger partial charge in [-0.15, -0.1) is 0 Å². The number of hydrogen-bond acceptors (Lipinski definition) is 4. The van der Waals surface area contributed by atoms with Crippen molar-refractivity contribution in [2.24, 2.45) is 0 Å². The molecule has 5 heteroatoms. The van der Waals surface area contributed by atoms with E-state index in [1.54, 1.807) is 0 Å². The fourth-order valence-electron chi connectivity index (χ4n) is 2.27. The van der Waals surface area contributed by atoms with E-state index in [1.807, 2.05) is 24.3 Å². The summed E-state index contributed by atoms with van der Waals surface area (Å²) < 4.78 is 23.0. The first kappa shape index (κ1) is 13.4. The molecule has 2 N–H and O–H groups in total. The zero-order valence-electron chi connectivity index (χ0n) is 10.3. The summed E-state index contributed by atoms with van der Waals surface area (Å²) in [5.74, 6) is 0.548. The van der Waals surface area contributed by atoms with Crippen LogP contribution in [0.15, 0.2) is 24.3 Å². The first-order valence-electron chi connectivity index (χ1n) is 6.26. The van der Waals surface area contributed by atoms with Crippen molar-refractivity contribution in [2.45, 2.75) is 25.3 Å². The van der Waals surface area contributed by atoms with Crippen LogP contribution in [0, 0.1) is 0 Å². The average molecular weight is 269 g/mol. The Balaban J connectivity index is 1.96. The summed E-state index contributed by atoms with van der Waals surface area (Å²) in [4.78, 5) is 0. The van der Waals surface area contributed by atoms with Crippen LogP contribution in [0.1, 0.15) is 18.4 Å². The molecule has 0 radical (unpaired) electrons. The van der Waals surface area contributed by atoms with Crippen molar-refractivity contribution >= 4 is 15.5 Å². The largest absolute Gasteiger partial charge is 0.396 e. The highest BCUT2D eigenvalue weighted by Gasteiger charge is 2.24. The van der Waals surface area contributed by atoms with Gasteiger partial charge in [0.2, 0.25) is 0 Å². The Morgan fingerprint density at radius 3 is 2.61 bits per heavy atom. The Morgan fingerprint density at radius 2 is 2.00 bits per heavy atom. The van der Waals surface area contributed by atoms with Crippen LogP contribution in [0.2, 0.25) is 0 Å². The van der Waals surface area contributed by atoms with Crippen molar-refractivity contribution in [3.8, 4) is 0 Å². The third kappa shape index (κ3) is 3.71. The number of nitrogens with one attached hydrogen (secondary N) is 1. The van der Waals surface area contributed by atoms with E-state index in [-0.39, 0.29) is 18.4 Å². The Labute approximate surface area is 108 Å². The lowest BCUT2D eigenvalue weighted by atomic mass is 10.1. The lowest BCUT2D eigenvalue weighted by Crippen LogP contribution is -2.34. The molecule has 18 heavy (non-hydrogen) atoms. The molecule has 0 aliphatic carbocycles. The van der Waals surface area contributed by atoms with Crippen LogP contribution in [-0.2, 0) is 16.3 Å². The van der Waals surface area contributed by atoms with E-state index in [4.69, 9.17) is 5.11 Å². The van der Waals surface area contributed by atoms with Crippen molar-refractivity contribution in [3.63, 3.8) is 0 Å². The number of sulfone groups is 1. The molecule has 1 aromatic carbocycles. The number of aliphatic hydroxyl groups is 1. The SMILES string of the molecule is O=S1(=O)CCCC(Nc2ccc(CCO)cc2)C1. The van der Waals surface area contributed by atoms with Crippen LogP contribution in [-0.4, -0.2) is 37.7 Å². The summed E-state index contributed by atoms with van der Waals surface area (Å²) in [6.45, 7) is 0.146. The summed E-state index contributed by atoms with van der Waals surface area (Å²) >= 11 is 0. The molecule has 1 unspecified atom stereocenters. The van der Waals surface area contributed by atoms with Gasteiger partial charge >= 0.3 is 0 Å². The molecule has 2 rings (SSSR count). The van der Waals surface area contributed by atoms with Gasteiger partial charge < -0.3 is 10.4 Å². The maximum Gasteiger partial charge on any atom is 0.152 e. The standard InChI is InChI=1S/C13H19NO3S/c15-8-7-11-3-5-12(6-4-11)14-13-2-1-9-18(16,17)10-13/h3-6,13-15H,1-2,7-10H2. The molecule has 1 fully saturated rings. The van der Waals surface area contributed by atoms with Gasteiger partial charge in [0.1, 0.15) is 0 Å². The van der Waals surface area contributed by atoms with E-state index in [1.165, 1.54) is 0 Å². The minimum absolute atomic E-state index is 0.0208. The molecule has 0 saturated carbocycles. The second-order valence-corrected chi connectivity index (χ2v) is 7.00. The van der Waals surface area contributed by atoms with Crippen LogP contribution in [0.25, 0.3) is 0 Å². The fourth-order valence-corrected chi connectivity index (χ4v) is 3.91. The third-order valence-corrected chi connectivity index (χ3v) is 5.01. The lowest BCUT2D eigenvalue weighted by Gasteiger charge is -2.24. The Morgan fingerprint density at radius 1 is 1.28 bits per heavy atom. The van der Waals surface area contributed by atoms with Gasteiger partial charge in [0.25, 0.3) is 0 Å². The minimum Gasteiger partial charge on any atom is -0.396 e. The monoisotopic (exact) mass is 269 g/mol. The number of benzene rings is 1. The molecule has 1 heterocycles. The first-order chi connectivity index (χ1) is 8.59. The van der Waals surface area contributed by atoms with Crippen LogP contribution in [0.3, 0.4) is 0 Å². The maximum atomic E-state index is 11.5. The molecule has 0 bridgehead atoms. The summed E-state index contributed by atoms with van der Waals surface area (Å²) in [7, 11) is -2.86. The van der Waals surface area contributed by atoms with Crippen molar-refractivity contribution < 1.29 is 13.5 Å². The zero-order chi connectivity index (χ0) is 13.0. The molecule has 1 aromatic rings. The molecule has 1 aliphatic heterocycles. The zero-order valence-corrected chi connectivity index (χ0v) is 11.1. The fraction of sp³-hybridized carbons (Fsp3) is 0.538. The van der Waals surface area contributed by atoms with Gasteiger partial charge in [-0.25, -0.2) is 8.42 Å². The van der Waals surface area contributed by atoms with E-state index < -0.39 is 9.84 Å². The Hall–Kier alpha value is -1.07. The first-order valence-corrected chi connectivity index (χ1v) is 8.08. The number of hydrogen-bond donors (Lipinski definition) is 2. The van der Waals surface area contributed by atoms with E-state index in [0.29, 0.717) is 12.2 Å². The van der Waals surface area contributed by atoms with Gasteiger partial charge in [-0.1, -0.05) is 12.1 Å². The summed E-state index contributed by atoms with van der Waals surface area (Å²) in [6.07, 6.45) is 2.29. The molecule has 0 spiro atoms. The van der Waals surface area contributed by atoms with Gasteiger partial charge in [-0.3, -0.25) is 0 Å². The second-order valence-electron chi connectivity index (χ2n) is 4.77. The molecule has 1 atom stereocenters. The topological polar surface area (TPSA) is 66.4 Å². The van der Waals surface area contributed by atoms with Gasteiger partial charge in [-0.2, -0.15) is 0 Å². The van der Waals surface area contributed by atoms with E-state index in [9.17, 15) is 8.42 Å². The number of anilines is 1. The van der Waals surface area contributed by atoms with E-state index in [0.717, 1.165) is 24.1 Å². The van der Waals surface area contributed by atoms with Gasteiger partial charge in [0.15, 0.2) is 9.84 Å². The molecule has 100 valence electrons. The van der Waals surface area contributed by atoms with Crippen LogP contribution in [0.4, 0.5) is 5.69 Å². The van der Waals surface area contributed by atoms with E-state index >= 15 is 0 Å². The summed E-state index contributed by atoms with van der Waals surface area (Å²) in [5, 5.41) is 12.1. The molecule has 1 aliphatic rings. The van der Waals surface area contributed by atoms with Crippen LogP contribution < -0.4 is 5.32 Å². The average Bonchev–Trinajstić information content (AvgIpc) is 2.31. The highest BCUT2D eigenvalue weighted by atomic mass is 32.2. The molecular weight excluding hydrogens is 250 g/mol. The van der Waals surface area contributed by atoms with Crippen LogP contribution >= 0.6 is 0 Å². The predicted molar refractivity (Wildman–Crippen MR) is 72.5 cm³/mol. The van der Waals surface area contributed by atoms with Gasteiger partial charge in [-0.05, 0) is 37.0 Å². The van der Waals surface area contributed by atoms with Crippen LogP contribution in [0.5, 0.6) is 0 Å². The molecule has 0 amide bonds. The predicted octanol–water partition coefficient (Wildman–Crippen LogP) is 1.21. The third-order valence-electron chi connectivity index (χ3n) is 3.19. The normalized spacial score (nSPS) is 22.6. The van der Waals surface area contributed by atoms with E-state index in [2.05, 4.69) is 5.32 Å². The Kier molecular flexibility index (Phi) is 4.24. The summed E-state index contributed by atoms with van der Waals surface area (Å²) in [6, 6.07) is 7.80. The van der Waals surface area contributed by atoms with Crippen molar-refractivity contribution in [2.75, 3.05) is 23.4 Å². The summed E-state index contributed by atoms with van der Waals surface area (Å²) in [5.41, 5.74) is 2.03. The molecule has 4 nitrogen and oxygen atoms in total.